The van der Waals surface area contributed by atoms with Crippen LogP contribution in [0, 0.1) is 13.8 Å². The normalized spacial score (nSPS) is 10.7. The first-order valence-corrected chi connectivity index (χ1v) is 6.52. The van der Waals surface area contributed by atoms with Crippen molar-refractivity contribution < 1.29 is 4.79 Å². The Balaban J connectivity index is 2.94. The lowest BCUT2D eigenvalue weighted by atomic mass is 10.1. The van der Waals surface area contributed by atoms with Crippen molar-refractivity contribution in [2.75, 3.05) is 19.6 Å². The molecular formula is C13H24N4O. The van der Waals surface area contributed by atoms with E-state index in [9.17, 15) is 4.79 Å². The minimum Gasteiger partial charge on any atom is -0.338 e. The molecule has 1 rings (SSSR count). The highest BCUT2D eigenvalue weighted by Gasteiger charge is 2.22. The maximum atomic E-state index is 12.5. The molecule has 0 spiro atoms. The fraction of sp³-hybridized carbons (Fsp3) is 0.692. The molecule has 0 aliphatic heterocycles. The fourth-order valence-electron chi connectivity index (χ4n) is 2.11. The number of hydrogen-bond acceptors (Lipinski definition) is 3. The van der Waals surface area contributed by atoms with Crippen molar-refractivity contribution >= 4 is 5.91 Å². The summed E-state index contributed by atoms with van der Waals surface area (Å²) in [4.78, 5) is 14.4. The second kappa shape index (κ2) is 6.54. The number of amides is 1. The first-order chi connectivity index (χ1) is 8.52. The Morgan fingerprint density at radius 1 is 1.39 bits per heavy atom. The topological polar surface area (TPSA) is 64.2 Å². The van der Waals surface area contributed by atoms with Crippen molar-refractivity contribution in [3.63, 3.8) is 0 Å². The first-order valence-electron chi connectivity index (χ1n) is 6.52. The van der Waals surface area contributed by atoms with Crippen LogP contribution in [-0.4, -0.2) is 40.2 Å². The van der Waals surface area contributed by atoms with Crippen LogP contribution < -0.4 is 5.73 Å². The molecule has 102 valence electrons. The van der Waals surface area contributed by atoms with Crippen molar-refractivity contribution in [1.29, 1.82) is 0 Å². The molecule has 0 bridgehead atoms. The van der Waals surface area contributed by atoms with Gasteiger partial charge in [-0.25, -0.2) is 0 Å². The van der Waals surface area contributed by atoms with Crippen LogP contribution in [0.5, 0.6) is 0 Å². The van der Waals surface area contributed by atoms with Gasteiger partial charge in [0.15, 0.2) is 0 Å². The average molecular weight is 252 g/mol. The van der Waals surface area contributed by atoms with E-state index in [0.29, 0.717) is 6.54 Å². The van der Waals surface area contributed by atoms with Crippen LogP contribution in [0.25, 0.3) is 0 Å². The maximum Gasteiger partial charge on any atom is 0.257 e. The SMILES string of the molecule is CCCN(CCCN)C(=O)c1c(C)nn(C)c1C. The number of nitrogens with zero attached hydrogens (tertiary/aromatic N) is 3. The summed E-state index contributed by atoms with van der Waals surface area (Å²) in [5, 5.41) is 4.30. The number of carbonyl (C=O) groups excluding carboxylic acids is 1. The predicted octanol–water partition coefficient (Wildman–Crippen LogP) is 1.24. The molecule has 1 amide bonds. The van der Waals surface area contributed by atoms with E-state index in [1.54, 1.807) is 4.68 Å². The smallest absolute Gasteiger partial charge is 0.257 e. The summed E-state index contributed by atoms with van der Waals surface area (Å²) in [7, 11) is 1.86. The van der Waals surface area contributed by atoms with Crippen LogP contribution in [0.2, 0.25) is 0 Å². The van der Waals surface area contributed by atoms with Gasteiger partial charge in [0.25, 0.3) is 5.91 Å². The third kappa shape index (κ3) is 3.10. The molecule has 0 unspecified atom stereocenters. The van der Waals surface area contributed by atoms with Gasteiger partial charge in [-0.15, -0.1) is 0 Å². The molecule has 18 heavy (non-hydrogen) atoms. The van der Waals surface area contributed by atoms with Crippen LogP contribution in [0.15, 0.2) is 0 Å². The van der Waals surface area contributed by atoms with E-state index in [1.807, 2.05) is 25.8 Å². The second-order valence-corrected chi connectivity index (χ2v) is 4.60. The Hall–Kier alpha value is -1.36. The Bertz CT molecular complexity index is 411. The van der Waals surface area contributed by atoms with Gasteiger partial charge >= 0.3 is 0 Å². The predicted molar refractivity (Wildman–Crippen MR) is 72.5 cm³/mol. The molecule has 1 aromatic rings. The summed E-state index contributed by atoms with van der Waals surface area (Å²) in [6.07, 6.45) is 1.79. The second-order valence-electron chi connectivity index (χ2n) is 4.60. The molecule has 0 aromatic carbocycles. The molecule has 0 atom stereocenters. The van der Waals surface area contributed by atoms with Gasteiger partial charge in [0.2, 0.25) is 0 Å². The zero-order chi connectivity index (χ0) is 13.7. The van der Waals surface area contributed by atoms with Gasteiger partial charge in [0, 0.05) is 25.8 Å². The van der Waals surface area contributed by atoms with Gasteiger partial charge in [-0.3, -0.25) is 9.48 Å². The summed E-state index contributed by atoms with van der Waals surface area (Å²) in [6.45, 7) is 7.99. The Morgan fingerprint density at radius 2 is 2.06 bits per heavy atom. The lowest BCUT2D eigenvalue weighted by molar-refractivity contribution is 0.0753. The van der Waals surface area contributed by atoms with Crippen molar-refractivity contribution in [3.8, 4) is 0 Å². The van der Waals surface area contributed by atoms with Crippen molar-refractivity contribution in [2.24, 2.45) is 12.8 Å². The lowest BCUT2D eigenvalue weighted by Crippen LogP contribution is -2.34. The lowest BCUT2D eigenvalue weighted by Gasteiger charge is -2.22. The Labute approximate surface area is 109 Å². The highest BCUT2D eigenvalue weighted by atomic mass is 16.2. The zero-order valence-electron chi connectivity index (χ0n) is 11.9. The number of hydrogen-bond donors (Lipinski definition) is 1. The molecular weight excluding hydrogens is 228 g/mol. The monoisotopic (exact) mass is 252 g/mol. The van der Waals surface area contributed by atoms with Gasteiger partial charge in [-0.2, -0.15) is 5.10 Å². The minimum absolute atomic E-state index is 0.0772. The molecule has 1 heterocycles. The highest BCUT2D eigenvalue weighted by molar-refractivity contribution is 5.96. The van der Waals surface area contributed by atoms with Crippen LogP contribution in [0.1, 0.15) is 41.5 Å². The number of carbonyl (C=O) groups is 1. The third-order valence-electron chi connectivity index (χ3n) is 3.14. The van der Waals surface area contributed by atoms with E-state index in [2.05, 4.69) is 12.0 Å². The standard InChI is InChI=1S/C13H24N4O/c1-5-8-17(9-6-7-14)13(18)12-10(2)15-16(4)11(12)3/h5-9,14H2,1-4H3. The van der Waals surface area contributed by atoms with Gasteiger partial charge in [0.1, 0.15) is 0 Å². The average Bonchev–Trinajstić information content (AvgIpc) is 2.58. The van der Waals surface area contributed by atoms with E-state index in [1.165, 1.54) is 0 Å². The third-order valence-corrected chi connectivity index (χ3v) is 3.14. The van der Waals surface area contributed by atoms with Crippen molar-refractivity contribution in [1.82, 2.24) is 14.7 Å². The molecule has 5 heteroatoms. The number of aryl methyl sites for hydroxylation is 2. The molecule has 1 aromatic heterocycles. The van der Waals surface area contributed by atoms with E-state index in [0.717, 1.165) is 42.9 Å². The molecule has 0 aliphatic carbocycles. The molecule has 0 radical (unpaired) electrons. The number of nitrogens with two attached hydrogens (primary N) is 1. The highest BCUT2D eigenvalue weighted by Crippen LogP contribution is 2.15. The molecule has 0 fully saturated rings. The fourth-order valence-corrected chi connectivity index (χ4v) is 2.11. The van der Waals surface area contributed by atoms with Crippen LogP contribution >= 0.6 is 0 Å². The summed E-state index contributed by atoms with van der Waals surface area (Å²) >= 11 is 0. The minimum atomic E-state index is 0.0772. The summed E-state index contributed by atoms with van der Waals surface area (Å²) < 4.78 is 1.76. The van der Waals surface area contributed by atoms with Gasteiger partial charge < -0.3 is 10.6 Å². The molecule has 0 saturated heterocycles. The molecule has 2 N–H and O–H groups in total. The number of rotatable bonds is 6. The van der Waals surface area contributed by atoms with Crippen molar-refractivity contribution in [2.45, 2.75) is 33.6 Å². The van der Waals surface area contributed by atoms with E-state index >= 15 is 0 Å². The Morgan fingerprint density at radius 3 is 2.50 bits per heavy atom. The van der Waals surface area contributed by atoms with Gasteiger partial charge in [-0.05, 0) is 33.2 Å². The largest absolute Gasteiger partial charge is 0.338 e. The summed E-state index contributed by atoms with van der Waals surface area (Å²) in [5.74, 6) is 0.0772. The first kappa shape index (κ1) is 14.7. The maximum absolute atomic E-state index is 12.5. The van der Waals surface area contributed by atoms with Crippen LogP contribution in [0.3, 0.4) is 0 Å². The molecule has 5 nitrogen and oxygen atoms in total. The number of aromatic nitrogens is 2. The van der Waals surface area contributed by atoms with Crippen LogP contribution in [0.4, 0.5) is 0 Å². The van der Waals surface area contributed by atoms with E-state index in [-0.39, 0.29) is 5.91 Å². The van der Waals surface area contributed by atoms with Crippen molar-refractivity contribution in [3.05, 3.63) is 17.0 Å². The Kier molecular flexibility index (Phi) is 5.34. The summed E-state index contributed by atoms with van der Waals surface area (Å²) in [6, 6.07) is 0. The quantitative estimate of drug-likeness (QED) is 0.828. The van der Waals surface area contributed by atoms with Gasteiger partial charge in [0.05, 0.1) is 11.3 Å². The molecule has 0 saturated carbocycles. The summed E-state index contributed by atoms with van der Waals surface area (Å²) in [5.41, 5.74) is 7.98. The van der Waals surface area contributed by atoms with E-state index in [4.69, 9.17) is 5.73 Å². The molecule has 0 aliphatic rings. The van der Waals surface area contributed by atoms with Crippen LogP contribution in [-0.2, 0) is 7.05 Å². The zero-order valence-corrected chi connectivity index (χ0v) is 11.9. The van der Waals surface area contributed by atoms with Gasteiger partial charge in [-0.1, -0.05) is 6.92 Å². The van der Waals surface area contributed by atoms with E-state index < -0.39 is 0 Å².